The number of amides is 1. The maximum atomic E-state index is 11.9. The summed E-state index contributed by atoms with van der Waals surface area (Å²) in [5.41, 5.74) is 2.13. The molecule has 7 nitrogen and oxygen atoms in total. The van der Waals surface area contributed by atoms with Gasteiger partial charge in [0.25, 0.3) is 0 Å². The molecule has 7 heteroatoms. The molecule has 1 saturated heterocycles. The van der Waals surface area contributed by atoms with Crippen LogP contribution in [0.5, 0.6) is 0 Å². The molecule has 1 fully saturated rings. The Morgan fingerprint density at radius 3 is 2.83 bits per heavy atom. The van der Waals surface area contributed by atoms with Crippen LogP contribution in [0.4, 0.5) is 5.69 Å². The number of carbonyl (C=O) groups excluding carboxylic acids is 1. The minimum atomic E-state index is 0.139. The maximum Gasteiger partial charge on any atom is 0.227 e. The highest BCUT2D eigenvalue weighted by Gasteiger charge is 2.22. The Hall–Kier alpha value is -2.28. The predicted octanol–water partition coefficient (Wildman–Crippen LogP) is 2.23. The number of nitrogens with zero attached hydrogens (tertiary/aromatic N) is 5. The number of tetrazole rings is 1. The molecular formula is C17H24N6O. The predicted molar refractivity (Wildman–Crippen MR) is 91.5 cm³/mol. The first-order chi connectivity index (χ1) is 11.6. The number of hydrogen-bond donors (Lipinski definition) is 1. The molecule has 0 radical (unpaired) electrons. The minimum absolute atomic E-state index is 0.139. The number of rotatable bonds is 6. The Morgan fingerprint density at radius 2 is 2.12 bits per heavy atom. The highest BCUT2D eigenvalue weighted by molar-refractivity contribution is 5.95. The van der Waals surface area contributed by atoms with Gasteiger partial charge < -0.3 is 10.2 Å². The van der Waals surface area contributed by atoms with Gasteiger partial charge in [0.1, 0.15) is 0 Å². The highest BCUT2D eigenvalue weighted by Crippen LogP contribution is 2.24. The average molecular weight is 328 g/mol. The SMILES string of the molecule is CC(C)n1nnnc1CN[C@@H](C)c1cccc(N2CCCC2=O)c1. The molecule has 0 unspecified atom stereocenters. The van der Waals surface area contributed by atoms with E-state index in [1.165, 1.54) is 0 Å². The summed E-state index contributed by atoms with van der Waals surface area (Å²) < 4.78 is 1.82. The van der Waals surface area contributed by atoms with Crippen molar-refractivity contribution >= 4 is 11.6 Å². The monoisotopic (exact) mass is 328 g/mol. The van der Waals surface area contributed by atoms with Gasteiger partial charge in [0.05, 0.1) is 12.6 Å². The molecule has 2 heterocycles. The van der Waals surface area contributed by atoms with Gasteiger partial charge in [-0.3, -0.25) is 4.79 Å². The topological polar surface area (TPSA) is 75.9 Å². The van der Waals surface area contributed by atoms with Crippen molar-refractivity contribution < 1.29 is 4.79 Å². The van der Waals surface area contributed by atoms with E-state index in [1.807, 2.05) is 21.7 Å². The highest BCUT2D eigenvalue weighted by atomic mass is 16.2. The molecular weight excluding hydrogens is 304 g/mol. The van der Waals surface area contributed by atoms with Crippen LogP contribution in [0, 0.1) is 0 Å². The zero-order chi connectivity index (χ0) is 17.1. The lowest BCUT2D eigenvalue weighted by atomic mass is 10.1. The summed E-state index contributed by atoms with van der Waals surface area (Å²) in [4.78, 5) is 13.8. The Morgan fingerprint density at radius 1 is 1.29 bits per heavy atom. The molecule has 128 valence electrons. The van der Waals surface area contributed by atoms with Gasteiger partial charge in [0, 0.05) is 24.7 Å². The van der Waals surface area contributed by atoms with Crippen LogP contribution in [0.2, 0.25) is 0 Å². The molecule has 1 aromatic heterocycles. The van der Waals surface area contributed by atoms with Gasteiger partial charge in [0.2, 0.25) is 5.91 Å². The van der Waals surface area contributed by atoms with Crippen LogP contribution >= 0.6 is 0 Å². The second-order valence-electron chi connectivity index (χ2n) is 6.48. The molecule has 1 atom stereocenters. The smallest absolute Gasteiger partial charge is 0.227 e. The first kappa shape index (κ1) is 16.6. The number of anilines is 1. The van der Waals surface area contributed by atoms with E-state index in [0.29, 0.717) is 13.0 Å². The molecule has 0 spiro atoms. The van der Waals surface area contributed by atoms with Crippen LogP contribution in [-0.4, -0.2) is 32.7 Å². The molecule has 1 N–H and O–H groups in total. The second-order valence-corrected chi connectivity index (χ2v) is 6.48. The van der Waals surface area contributed by atoms with Crippen LogP contribution in [0.25, 0.3) is 0 Å². The normalized spacial score (nSPS) is 16.2. The van der Waals surface area contributed by atoms with Gasteiger partial charge in [-0.25, -0.2) is 4.68 Å². The van der Waals surface area contributed by atoms with Gasteiger partial charge in [-0.1, -0.05) is 12.1 Å². The second kappa shape index (κ2) is 7.09. The molecule has 3 rings (SSSR count). The molecule has 0 bridgehead atoms. The number of hydrogen-bond acceptors (Lipinski definition) is 5. The lowest BCUT2D eigenvalue weighted by molar-refractivity contribution is -0.117. The maximum absolute atomic E-state index is 11.9. The van der Waals surface area contributed by atoms with Gasteiger partial charge in [-0.15, -0.1) is 5.10 Å². The van der Waals surface area contributed by atoms with E-state index in [4.69, 9.17) is 0 Å². The Kier molecular flexibility index (Phi) is 4.89. The molecule has 1 aromatic carbocycles. The van der Waals surface area contributed by atoms with E-state index in [1.54, 1.807) is 0 Å². The average Bonchev–Trinajstić information content (AvgIpc) is 3.21. The molecule has 1 aliphatic rings. The van der Waals surface area contributed by atoms with E-state index < -0.39 is 0 Å². The molecule has 0 aliphatic carbocycles. The van der Waals surface area contributed by atoms with E-state index in [-0.39, 0.29) is 18.0 Å². The Bertz CT molecular complexity index is 711. The minimum Gasteiger partial charge on any atom is -0.312 e. The van der Waals surface area contributed by atoms with Gasteiger partial charge in [-0.05, 0) is 55.3 Å². The number of aromatic nitrogens is 4. The molecule has 1 aliphatic heterocycles. The lowest BCUT2D eigenvalue weighted by Gasteiger charge is -2.19. The van der Waals surface area contributed by atoms with E-state index >= 15 is 0 Å². The summed E-state index contributed by atoms with van der Waals surface area (Å²) in [6.07, 6.45) is 1.59. The van der Waals surface area contributed by atoms with Crippen molar-refractivity contribution in [3.05, 3.63) is 35.7 Å². The van der Waals surface area contributed by atoms with Crippen LogP contribution in [0.15, 0.2) is 24.3 Å². The van der Waals surface area contributed by atoms with Crippen molar-refractivity contribution in [3.8, 4) is 0 Å². The summed E-state index contributed by atoms with van der Waals surface area (Å²) in [6, 6.07) is 8.54. The number of benzene rings is 1. The first-order valence-corrected chi connectivity index (χ1v) is 8.46. The first-order valence-electron chi connectivity index (χ1n) is 8.46. The van der Waals surface area contributed by atoms with E-state index in [0.717, 1.165) is 30.0 Å². The summed E-state index contributed by atoms with van der Waals surface area (Å²) >= 11 is 0. The van der Waals surface area contributed by atoms with Crippen molar-refractivity contribution in [2.24, 2.45) is 0 Å². The fourth-order valence-electron chi connectivity index (χ4n) is 2.98. The number of nitrogens with one attached hydrogen (secondary N) is 1. The van der Waals surface area contributed by atoms with E-state index in [9.17, 15) is 4.79 Å². The third kappa shape index (κ3) is 3.46. The third-order valence-electron chi connectivity index (χ3n) is 4.37. The standard InChI is InChI=1S/C17H24N6O/c1-12(2)23-16(19-20-21-23)11-18-13(3)14-6-4-7-15(10-14)22-9-5-8-17(22)24/h4,6-7,10,12-13,18H,5,8-9,11H2,1-3H3/t13-/m0/s1. The molecule has 2 aromatic rings. The van der Waals surface area contributed by atoms with E-state index in [2.05, 4.69) is 53.7 Å². The number of carbonyl (C=O) groups is 1. The Labute approximate surface area is 142 Å². The van der Waals surface area contributed by atoms with Gasteiger partial charge in [0.15, 0.2) is 5.82 Å². The van der Waals surface area contributed by atoms with Crippen LogP contribution in [0.3, 0.4) is 0 Å². The van der Waals surface area contributed by atoms with Crippen molar-refractivity contribution in [3.63, 3.8) is 0 Å². The third-order valence-corrected chi connectivity index (χ3v) is 4.37. The summed E-state index contributed by atoms with van der Waals surface area (Å²) in [7, 11) is 0. The largest absolute Gasteiger partial charge is 0.312 e. The lowest BCUT2D eigenvalue weighted by Crippen LogP contribution is -2.25. The molecule has 24 heavy (non-hydrogen) atoms. The van der Waals surface area contributed by atoms with Crippen molar-refractivity contribution in [2.75, 3.05) is 11.4 Å². The summed E-state index contributed by atoms with van der Waals surface area (Å²) in [6.45, 7) is 7.63. The summed E-state index contributed by atoms with van der Waals surface area (Å²) in [5.74, 6) is 1.03. The molecule has 1 amide bonds. The molecule has 0 saturated carbocycles. The quantitative estimate of drug-likeness (QED) is 0.880. The van der Waals surface area contributed by atoms with Crippen LogP contribution < -0.4 is 10.2 Å². The van der Waals surface area contributed by atoms with Crippen LogP contribution in [0.1, 0.15) is 57.1 Å². The Balaban J connectivity index is 1.68. The van der Waals surface area contributed by atoms with Crippen molar-refractivity contribution in [2.45, 2.75) is 52.2 Å². The fourth-order valence-corrected chi connectivity index (χ4v) is 2.98. The summed E-state index contributed by atoms with van der Waals surface area (Å²) in [5, 5.41) is 15.3. The zero-order valence-electron chi connectivity index (χ0n) is 14.4. The van der Waals surface area contributed by atoms with Crippen LogP contribution in [-0.2, 0) is 11.3 Å². The van der Waals surface area contributed by atoms with Gasteiger partial charge >= 0.3 is 0 Å². The van der Waals surface area contributed by atoms with Crippen molar-refractivity contribution in [1.29, 1.82) is 0 Å². The fraction of sp³-hybridized carbons (Fsp3) is 0.529. The van der Waals surface area contributed by atoms with Crippen molar-refractivity contribution in [1.82, 2.24) is 25.5 Å². The zero-order valence-corrected chi connectivity index (χ0v) is 14.4. The van der Waals surface area contributed by atoms with Gasteiger partial charge in [-0.2, -0.15) is 0 Å².